The van der Waals surface area contributed by atoms with Gasteiger partial charge in [0, 0.05) is 5.69 Å². The van der Waals surface area contributed by atoms with Gasteiger partial charge in [-0.2, -0.15) is 0 Å². The van der Waals surface area contributed by atoms with Crippen LogP contribution in [0.5, 0.6) is 0 Å². The van der Waals surface area contributed by atoms with E-state index >= 15 is 0 Å². The van der Waals surface area contributed by atoms with E-state index in [1.807, 2.05) is 61.7 Å². The summed E-state index contributed by atoms with van der Waals surface area (Å²) >= 11 is 1.22. The molecule has 3 amide bonds. The molecule has 144 valence electrons. The van der Waals surface area contributed by atoms with Crippen LogP contribution in [0.25, 0.3) is 5.69 Å². The number of imide groups is 1. The van der Waals surface area contributed by atoms with Crippen LogP contribution < -0.4 is 10.6 Å². The van der Waals surface area contributed by atoms with E-state index < -0.39 is 11.9 Å². The predicted octanol–water partition coefficient (Wildman–Crippen LogP) is 3.63. The first-order chi connectivity index (χ1) is 13.4. The Kier molecular flexibility index (Phi) is 6.10. The molecule has 2 aromatic carbocycles. The molecular formula is C20H21N5O2S. The topological polar surface area (TPSA) is 88.9 Å². The molecular weight excluding hydrogens is 374 g/mol. The Morgan fingerprint density at radius 3 is 2.57 bits per heavy atom. The molecule has 0 saturated heterocycles. The Hall–Kier alpha value is -3.13. The first-order valence-corrected chi connectivity index (χ1v) is 9.69. The lowest BCUT2D eigenvalue weighted by atomic mass is 10.1. The van der Waals surface area contributed by atoms with Gasteiger partial charge in [-0.15, -0.1) is 10.2 Å². The zero-order chi connectivity index (χ0) is 20.1. The molecule has 1 heterocycles. The Labute approximate surface area is 167 Å². The summed E-state index contributed by atoms with van der Waals surface area (Å²) in [4.78, 5) is 24.2. The number of nitrogens with zero attached hydrogens (tertiary/aromatic N) is 3. The molecule has 0 radical (unpaired) electrons. The van der Waals surface area contributed by atoms with Gasteiger partial charge in [0.15, 0.2) is 5.16 Å². The van der Waals surface area contributed by atoms with Crippen LogP contribution >= 0.6 is 11.8 Å². The van der Waals surface area contributed by atoms with Crippen molar-refractivity contribution in [2.45, 2.75) is 25.9 Å². The van der Waals surface area contributed by atoms with Crippen LogP contribution in [0.1, 0.15) is 16.7 Å². The highest BCUT2D eigenvalue weighted by Crippen LogP contribution is 2.21. The van der Waals surface area contributed by atoms with Crippen molar-refractivity contribution in [1.29, 1.82) is 0 Å². The van der Waals surface area contributed by atoms with Gasteiger partial charge in [0.2, 0.25) is 5.91 Å². The lowest BCUT2D eigenvalue weighted by molar-refractivity contribution is -0.117. The largest absolute Gasteiger partial charge is 0.325 e. The van der Waals surface area contributed by atoms with Crippen molar-refractivity contribution in [2.75, 3.05) is 11.1 Å². The molecule has 0 aliphatic carbocycles. The number of thioether (sulfide) groups is 1. The molecule has 2 N–H and O–H groups in total. The number of urea groups is 1. The van der Waals surface area contributed by atoms with E-state index in [1.165, 1.54) is 11.8 Å². The van der Waals surface area contributed by atoms with Gasteiger partial charge < -0.3 is 5.32 Å². The van der Waals surface area contributed by atoms with Crippen LogP contribution in [0, 0.1) is 20.8 Å². The van der Waals surface area contributed by atoms with Gasteiger partial charge in [-0.3, -0.25) is 14.7 Å². The third kappa shape index (κ3) is 4.77. The smallest absolute Gasteiger partial charge is 0.308 e. The third-order valence-electron chi connectivity index (χ3n) is 4.24. The van der Waals surface area contributed by atoms with Gasteiger partial charge in [-0.05, 0) is 55.7 Å². The maximum Gasteiger partial charge on any atom is 0.325 e. The van der Waals surface area contributed by atoms with E-state index in [0.29, 0.717) is 10.8 Å². The standard InChI is InChI=1S/C20H21N5O2S/c1-13-8-9-16(10-15(13)3)22-19(27)23-18(26)11-28-20-24-21-12-25(20)17-7-5-4-6-14(17)2/h4-10,12H,11H2,1-3H3,(H2,22,23,26,27). The fraction of sp³-hybridized carbons (Fsp3) is 0.200. The predicted molar refractivity (Wildman–Crippen MR) is 110 cm³/mol. The van der Waals surface area contributed by atoms with Gasteiger partial charge in [-0.25, -0.2) is 4.79 Å². The van der Waals surface area contributed by atoms with E-state index in [9.17, 15) is 9.59 Å². The van der Waals surface area contributed by atoms with E-state index in [2.05, 4.69) is 20.8 Å². The molecule has 7 nitrogen and oxygen atoms in total. The molecule has 0 aliphatic rings. The highest BCUT2D eigenvalue weighted by atomic mass is 32.2. The molecule has 0 fully saturated rings. The monoisotopic (exact) mass is 395 g/mol. The molecule has 0 atom stereocenters. The number of carbonyl (C=O) groups is 2. The van der Waals surface area contributed by atoms with E-state index in [0.717, 1.165) is 22.4 Å². The fourth-order valence-electron chi connectivity index (χ4n) is 2.60. The molecule has 1 aromatic heterocycles. The van der Waals surface area contributed by atoms with Crippen LogP contribution in [-0.4, -0.2) is 32.5 Å². The third-order valence-corrected chi connectivity index (χ3v) is 5.18. The number of anilines is 1. The van der Waals surface area contributed by atoms with Crippen molar-refractivity contribution >= 4 is 29.4 Å². The summed E-state index contributed by atoms with van der Waals surface area (Å²) in [5.41, 5.74) is 4.86. The zero-order valence-electron chi connectivity index (χ0n) is 15.9. The summed E-state index contributed by atoms with van der Waals surface area (Å²) in [5.74, 6) is -0.365. The number of benzene rings is 2. The highest BCUT2D eigenvalue weighted by molar-refractivity contribution is 7.99. The average molecular weight is 395 g/mol. The summed E-state index contributed by atoms with van der Waals surface area (Å²) in [5, 5.41) is 13.6. The Bertz CT molecular complexity index is 1020. The molecule has 3 aromatic rings. The fourth-order valence-corrected chi connectivity index (χ4v) is 3.32. The van der Waals surface area contributed by atoms with Gasteiger partial charge in [0.05, 0.1) is 11.4 Å². The molecule has 28 heavy (non-hydrogen) atoms. The van der Waals surface area contributed by atoms with Crippen molar-refractivity contribution in [1.82, 2.24) is 20.1 Å². The van der Waals surface area contributed by atoms with Crippen LogP contribution in [0.2, 0.25) is 0 Å². The molecule has 8 heteroatoms. The Morgan fingerprint density at radius 2 is 1.82 bits per heavy atom. The number of rotatable bonds is 5. The summed E-state index contributed by atoms with van der Waals surface area (Å²) in [7, 11) is 0. The van der Waals surface area contributed by atoms with E-state index in [4.69, 9.17) is 0 Å². The minimum Gasteiger partial charge on any atom is -0.308 e. The maximum atomic E-state index is 12.1. The highest BCUT2D eigenvalue weighted by Gasteiger charge is 2.13. The maximum absolute atomic E-state index is 12.1. The van der Waals surface area contributed by atoms with Gasteiger partial charge in [-0.1, -0.05) is 36.0 Å². The van der Waals surface area contributed by atoms with Crippen LogP contribution in [-0.2, 0) is 4.79 Å². The first kappa shape index (κ1) is 19.6. The molecule has 0 bridgehead atoms. The lowest BCUT2D eigenvalue weighted by Crippen LogP contribution is -2.35. The van der Waals surface area contributed by atoms with E-state index in [-0.39, 0.29) is 5.75 Å². The second kappa shape index (κ2) is 8.71. The number of para-hydroxylation sites is 1. The van der Waals surface area contributed by atoms with Gasteiger partial charge in [0.25, 0.3) is 0 Å². The van der Waals surface area contributed by atoms with Crippen molar-refractivity contribution in [3.05, 3.63) is 65.5 Å². The number of carbonyl (C=O) groups excluding carboxylic acids is 2. The van der Waals surface area contributed by atoms with Crippen molar-refractivity contribution in [2.24, 2.45) is 0 Å². The Morgan fingerprint density at radius 1 is 1.04 bits per heavy atom. The molecule has 0 spiro atoms. The van der Waals surface area contributed by atoms with Crippen LogP contribution in [0.4, 0.5) is 10.5 Å². The van der Waals surface area contributed by atoms with Crippen molar-refractivity contribution < 1.29 is 9.59 Å². The average Bonchev–Trinajstić information content (AvgIpc) is 3.12. The SMILES string of the molecule is Cc1ccc(NC(=O)NC(=O)CSc2nncn2-c2ccccc2C)cc1C. The number of amides is 3. The summed E-state index contributed by atoms with van der Waals surface area (Å²) in [6.07, 6.45) is 1.61. The molecule has 3 rings (SSSR count). The minimum atomic E-state index is -0.561. The number of aryl methyl sites for hydroxylation is 3. The van der Waals surface area contributed by atoms with Gasteiger partial charge in [0.1, 0.15) is 6.33 Å². The van der Waals surface area contributed by atoms with Crippen molar-refractivity contribution in [3.63, 3.8) is 0 Å². The number of hydrogen-bond donors (Lipinski definition) is 2. The second-order valence-electron chi connectivity index (χ2n) is 6.36. The molecule has 0 aliphatic heterocycles. The van der Waals surface area contributed by atoms with Gasteiger partial charge >= 0.3 is 6.03 Å². The molecule has 0 unspecified atom stereocenters. The minimum absolute atomic E-state index is 0.0465. The zero-order valence-corrected chi connectivity index (χ0v) is 16.7. The first-order valence-electron chi connectivity index (χ1n) is 8.71. The van der Waals surface area contributed by atoms with Crippen molar-refractivity contribution in [3.8, 4) is 5.69 Å². The quantitative estimate of drug-likeness (QED) is 0.644. The summed E-state index contributed by atoms with van der Waals surface area (Å²) in [6.45, 7) is 5.95. The summed E-state index contributed by atoms with van der Waals surface area (Å²) in [6, 6.07) is 12.9. The van der Waals surface area contributed by atoms with Crippen LogP contribution in [0.15, 0.2) is 53.9 Å². The number of aromatic nitrogens is 3. The normalized spacial score (nSPS) is 10.5. The summed E-state index contributed by atoms with van der Waals surface area (Å²) < 4.78 is 1.82. The molecule has 0 saturated carbocycles. The lowest BCUT2D eigenvalue weighted by Gasteiger charge is -2.10. The number of nitrogens with one attached hydrogen (secondary N) is 2. The Balaban J connectivity index is 1.56. The van der Waals surface area contributed by atoms with E-state index in [1.54, 1.807) is 12.4 Å². The second-order valence-corrected chi connectivity index (χ2v) is 7.30. The number of hydrogen-bond acceptors (Lipinski definition) is 5. The van der Waals surface area contributed by atoms with Crippen LogP contribution in [0.3, 0.4) is 0 Å².